The highest BCUT2D eigenvalue weighted by molar-refractivity contribution is 5.35. The zero-order chi connectivity index (χ0) is 15.4. The van der Waals surface area contributed by atoms with Gasteiger partial charge in [0.1, 0.15) is 17.5 Å². The second kappa shape index (κ2) is 6.76. The van der Waals surface area contributed by atoms with E-state index in [1.807, 2.05) is 6.92 Å². The molecule has 0 bridgehead atoms. The Morgan fingerprint density at radius 2 is 1.76 bits per heavy atom. The number of halogens is 3. The molecular formula is C17H18F3N. The molecule has 0 aromatic heterocycles. The minimum atomic E-state index is -0.573. The van der Waals surface area contributed by atoms with Gasteiger partial charge in [-0.3, -0.25) is 0 Å². The highest BCUT2D eigenvalue weighted by Gasteiger charge is 2.19. The molecule has 0 heterocycles. The van der Waals surface area contributed by atoms with Crippen molar-refractivity contribution in [2.24, 2.45) is 0 Å². The van der Waals surface area contributed by atoms with Crippen LogP contribution in [0.15, 0.2) is 36.4 Å². The largest absolute Gasteiger partial charge is 0.306 e. The van der Waals surface area contributed by atoms with Crippen LogP contribution in [-0.4, -0.2) is 6.54 Å². The molecule has 0 spiro atoms. The molecule has 0 saturated carbocycles. The Morgan fingerprint density at radius 1 is 1.00 bits per heavy atom. The van der Waals surface area contributed by atoms with E-state index >= 15 is 0 Å². The van der Waals surface area contributed by atoms with Gasteiger partial charge in [-0.05, 0) is 55.3 Å². The molecule has 2 aromatic rings. The van der Waals surface area contributed by atoms with Crippen LogP contribution in [-0.2, 0) is 0 Å². The summed E-state index contributed by atoms with van der Waals surface area (Å²) in [6.45, 7) is 4.26. The number of hydrogen-bond donors (Lipinski definition) is 1. The summed E-state index contributed by atoms with van der Waals surface area (Å²) in [6.07, 6.45) is 0.835. The monoisotopic (exact) mass is 293 g/mol. The van der Waals surface area contributed by atoms with Crippen LogP contribution in [0, 0.1) is 24.4 Å². The molecule has 1 nitrogen and oxygen atoms in total. The molecule has 0 saturated heterocycles. The molecule has 2 rings (SSSR count). The van der Waals surface area contributed by atoms with E-state index in [2.05, 4.69) is 5.32 Å². The maximum atomic E-state index is 14.0. The third-order valence-electron chi connectivity index (χ3n) is 3.40. The Bertz CT molecular complexity index is 625. The normalized spacial score (nSPS) is 12.4. The number of benzene rings is 2. The lowest BCUT2D eigenvalue weighted by Gasteiger charge is -2.20. The number of rotatable bonds is 5. The molecule has 0 aliphatic heterocycles. The molecule has 0 aliphatic rings. The van der Waals surface area contributed by atoms with Gasteiger partial charge in [0.05, 0.1) is 6.04 Å². The molecule has 1 atom stereocenters. The molecule has 0 fully saturated rings. The summed E-state index contributed by atoms with van der Waals surface area (Å²) in [5, 5.41) is 3.14. The molecular weight excluding hydrogens is 275 g/mol. The smallest absolute Gasteiger partial charge is 0.128 e. The summed E-state index contributed by atoms with van der Waals surface area (Å²) >= 11 is 0. The highest BCUT2D eigenvalue weighted by atomic mass is 19.1. The van der Waals surface area contributed by atoms with E-state index in [9.17, 15) is 13.2 Å². The quantitative estimate of drug-likeness (QED) is 0.855. The van der Waals surface area contributed by atoms with Gasteiger partial charge in [0.15, 0.2) is 0 Å². The van der Waals surface area contributed by atoms with E-state index in [1.165, 1.54) is 6.07 Å². The molecule has 21 heavy (non-hydrogen) atoms. The topological polar surface area (TPSA) is 12.0 Å². The van der Waals surface area contributed by atoms with E-state index in [1.54, 1.807) is 19.1 Å². The Labute approximate surface area is 122 Å². The van der Waals surface area contributed by atoms with Crippen LogP contribution in [0.25, 0.3) is 0 Å². The summed E-state index contributed by atoms with van der Waals surface area (Å²) in [7, 11) is 0. The number of hydrogen-bond acceptors (Lipinski definition) is 1. The van der Waals surface area contributed by atoms with Gasteiger partial charge < -0.3 is 5.32 Å². The van der Waals surface area contributed by atoms with Crippen molar-refractivity contribution < 1.29 is 13.2 Å². The van der Waals surface area contributed by atoms with Crippen molar-refractivity contribution in [1.29, 1.82) is 0 Å². The molecule has 2 aromatic carbocycles. The second-order valence-electron chi connectivity index (χ2n) is 5.06. The summed E-state index contributed by atoms with van der Waals surface area (Å²) in [4.78, 5) is 0. The van der Waals surface area contributed by atoms with Crippen LogP contribution in [0.2, 0.25) is 0 Å². The first-order chi connectivity index (χ1) is 10.0. The lowest BCUT2D eigenvalue weighted by atomic mass is 9.96. The lowest BCUT2D eigenvalue weighted by Crippen LogP contribution is -2.24. The van der Waals surface area contributed by atoms with Crippen LogP contribution in [0.3, 0.4) is 0 Å². The Kier molecular flexibility index (Phi) is 5.02. The Hall–Kier alpha value is -1.81. The number of nitrogens with one attached hydrogen (secondary N) is 1. The van der Waals surface area contributed by atoms with E-state index in [0.717, 1.165) is 24.6 Å². The highest BCUT2D eigenvalue weighted by Crippen LogP contribution is 2.26. The van der Waals surface area contributed by atoms with Crippen LogP contribution < -0.4 is 5.32 Å². The molecule has 0 amide bonds. The second-order valence-corrected chi connectivity index (χ2v) is 5.06. The van der Waals surface area contributed by atoms with Crippen molar-refractivity contribution in [3.8, 4) is 0 Å². The molecule has 0 radical (unpaired) electrons. The molecule has 4 heteroatoms. The SMILES string of the molecule is CCCNC(c1ccc(C)c(F)c1)c1cc(F)ccc1F. The van der Waals surface area contributed by atoms with Crippen LogP contribution in [0.1, 0.15) is 36.1 Å². The molecule has 0 aliphatic carbocycles. The van der Waals surface area contributed by atoms with Crippen LogP contribution >= 0.6 is 0 Å². The maximum Gasteiger partial charge on any atom is 0.128 e. The fourth-order valence-electron chi connectivity index (χ4n) is 2.22. The number of aryl methyl sites for hydroxylation is 1. The average Bonchev–Trinajstić information content (AvgIpc) is 2.46. The summed E-state index contributed by atoms with van der Waals surface area (Å²) in [6, 6.07) is 7.49. The predicted octanol–water partition coefficient (Wildman–Crippen LogP) is 4.50. The van der Waals surface area contributed by atoms with Gasteiger partial charge in [-0.1, -0.05) is 19.1 Å². The van der Waals surface area contributed by atoms with E-state index in [-0.39, 0.29) is 11.4 Å². The maximum absolute atomic E-state index is 14.0. The van der Waals surface area contributed by atoms with Crippen molar-refractivity contribution >= 4 is 0 Å². The van der Waals surface area contributed by atoms with Crippen molar-refractivity contribution in [1.82, 2.24) is 5.32 Å². The average molecular weight is 293 g/mol. The standard InChI is InChI=1S/C17H18F3N/c1-3-8-21-17(12-5-4-11(2)16(20)9-12)14-10-13(18)6-7-15(14)19/h4-7,9-10,17,21H,3,8H2,1-2H3. The van der Waals surface area contributed by atoms with Gasteiger partial charge in [0, 0.05) is 5.56 Å². The zero-order valence-corrected chi connectivity index (χ0v) is 12.1. The van der Waals surface area contributed by atoms with Gasteiger partial charge in [-0.25, -0.2) is 13.2 Å². The van der Waals surface area contributed by atoms with E-state index in [0.29, 0.717) is 17.7 Å². The van der Waals surface area contributed by atoms with E-state index in [4.69, 9.17) is 0 Å². The fraction of sp³-hybridized carbons (Fsp3) is 0.294. The third kappa shape index (κ3) is 3.64. The Morgan fingerprint density at radius 3 is 2.43 bits per heavy atom. The molecule has 1 N–H and O–H groups in total. The Balaban J connectivity index is 2.46. The lowest BCUT2D eigenvalue weighted by molar-refractivity contribution is 0.532. The van der Waals surface area contributed by atoms with Crippen LogP contribution in [0.4, 0.5) is 13.2 Å². The summed E-state index contributed by atoms with van der Waals surface area (Å²) in [5.41, 5.74) is 1.29. The first-order valence-corrected chi connectivity index (χ1v) is 6.97. The van der Waals surface area contributed by atoms with Gasteiger partial charge >= 0.3 is 0 Å². The van der Waals surface area contributed by atoms with Crippen molar-refractivity contribution in [3.05, 3.63) is 70.5 Å². The predicted molar refractivity (Wildman–Crippen MR) is 77.6 cm³/mol. The fourth-order valence-corrected chi connectivity index (χ4v) is 2.22. The van der Waals surface area contributed by atoms with Crippen LogP contribution in [0.5, 0.6) is 0 Å². The van der Waals surface area contributed by atoms with Crippen molar-refractivity contribution in [2.45, 2.75) is 26.3 Å². The van der Waals surface area contributed by atoms with Crippen molar-refractivity contribution in [2.75, 3.05) is 6.54 Å². The summed E-state index contributed by atoms with van der Waals surface area (Å²) < 4.78 is 41.2. The minimum Gasteiger partial charge on any atom is -0.306 e. The van der Waals surface area contributed by atoms with Crippen molar-refractivity contribution in [3.63, 3.8) is 0 Å². The van der Waals surface area contributed by atoms with Gasteiger partial charge in [0.25, 0.3) is 0 Å². The summed E-state index contributed by atoms with van der Waals surface area (Å²) in [5.74, 6) is -1.37. The zero-order valence-electron chi connectivity index (χ0n) is 12.1. The first kappa shape index (κ1) is 15.6. The van der Waals surface area contributed by atoms with Gasteiger partial charge in [0.2, 0.25) is 0 Å². The third-order valence-corrected chi connectivity index (χ3v) is 3.40. The molecule has 112 valence electrons. The minimum absolute atomic E-state index is 0.187. The van der Waals surface area contributed by atoms with Gasteiger partial charge in [-0.2, -0.15) is 0 Å². The van der Waals surface area contributed by atoms with E-state index < -0.39 is 17.7 Å². The molecule has 1 unspecified atom stereocenters. The van der Waals surface area contributed by atoms with Gasteiger partial charge in [-0.15, -0.1) is 0 Å². The first-order valence-electron chi connectivity index (χ1n) is 6.97.